The van der Waals surface area contributed by atoms with Crippen LogP contribution in [0.1, 0.15) is 5.56 Å². The third-order valence-corrected chi connectivity index (χ3v) is 3.48. The second-order valence-corrected chi connectivity index (χ2v) is 4.63. The second-order valence-electron chi connectivity index (χ2n) is 3.58. The lowest BCUT2D eigenvalue weighted by Gasteiger charge is -2.05. The molecule has 18 heavy (non-hydrogen) atoms. The van der Waals surface area contributed by atoms with E-state index >= 15 is 0 Å². The van der Waals surface area contributed by atoms with E-state index in [0.29, 0.717) is 5.75 Å². The molecule has 2 N–H and O–H groups in total. The molecule has 2 rings (SSSR count). The number of nitro groups is 1. The first kappa shape index (κ1) is 12.4. The molecule has 0 unspecified atom stereocenters. The number of aromatic nitrogens is 1. The van der Waals surface area contributed by atoms with Crippen molar-refractivity contribution in [3.05, 3.63) is 58.4 Å². The Bertz CT molecular complexity index is 561. The van der Waals surface area contributed by atoms with Crippen LogP contribution in [-0.4, -0.2) is 9.91 Å². The number of thioether (sulfide) groups is 1. The van der Waals surface area contributed by atoms with Gasteiger partial charge in [0.2, 0.25) is 0 Å². The zero-order valence-corrected chi connectivity index (χ0v) is 10.3. The Morgan fingerprint density at radius 3 is 2.67 bits per heavy atom. The van der Waals surface area contributed by atoms with Gasteiger partial charge in [-0.3, -0.25) is 15.1 Å². The Labute approximate surface area is 108 Å². The van der Waals surface area contributed by atoms with E-state index in [1.165, 1.54) is 6.07 Å². The predicted molar refractivity (Wildman–Crippen MR) is 71.3 cm³/mol. The maximum Gasteiger partial charge on any atom is 0.292 e. The van der Waals surface area contributed by atoms with Gasteiger partial charge in [0.25, 0.3) is 5.69 Å². The zero-order valence-electron chi connectivity index (χ0n) is 9.45. The summed E-state index contributed by atoms with van der Waals surface area (Å²) in [6, 6.07) is 8.64. The third-order valence-electron chi connectivity index (χ3n) is 2.41. The maximum atomic E-state index is 10.8. The first-order chi connectivity index (χ1) is 8.68. The summed E-state index contributed by atoms with van der Waals surface area (Å²) >= 11 is 1.57. The monoisotopic (exact) mass is 261 g/mol. The van der Waals surface area contributed by atoms with Crippen LogP contribution >= 0.6 is 11.8 Å². The fourth-order valence-corrected chi connectivity index (χ4v) is 2.37. The Kier molecular flexibility index (Phi) is 3.78. The zero-order chi connectivity index (χ0) is 13.0. The van der Waals surface area contributed by atoms with Gasteiger partial charge in [0.1, 0.15) is 5.69 Å². The molecule has 0 radical (unpaired) electrons. The van der Waals surface area contributed by atoms with Gasteiger partial charge in [-0.05, 0) is 17.7 Å². The van der Waals surface area contributed by atoms with Gasteiger partial charge in [-0.1, -0.05) is 12.1 Å². The van der Waals surface area contributed by atoms with E-state index in [2.05, 4.69) is 4.98 Å². The Morgan fingerprint density at radius 1 is 1.28 bits per heavy atom. The Balaban J connectivity index is 2.15. The molecule has 0 fully saturated rings. The number of rotatable bonds is 4. The standard InChI is InChI=1S/C12H11N3O2S/c13-12-9(2-1-3-11(12)15(16)17)8-18-10-4-6-14-7-5-10/h1-7H,8,13H2. The average Bonchev–Trinajstić information content (AvgIpc) is 2.38. The van der Waals surface area contributed by atoms with Crippen LogP contribution in [0.25, 0.3) is 0 Å². The summed E-state index contributed by atoms with van der Waals surface area (Å²) in [6.45, 7) is 0. The molecule has 0 saturated heterocycles. The highest BCUT2D eigenvalue weighted by Crippen LogP contribution is 2.30. The number of nitro benzene ring substituents is 1. The van der Waals surface area contributed by atoms with E-state index in [1.54, 1.807) is 36.3 Å². The molecule has 0 atom stereocenters. The molecule has 0 aliphatic rings. The van der Waals surface area contributed by atoms with Crippen LogP contribution in [0.15, 0.2) is 47.6 Å². The summed E-state index contributed by atoms with van der Waals surface area (Å²) in [5, 5.41) is 10.8. The molecular formula is C12H11N3O2S. The largest absolute Gasteiger partial charge is 0.393 e. The summed E-state index contributed by atoms with van der Waals surface area (Å²) in [6.07, 6.45) is 3.41. The topological polar surface area (TPSA) is 82.0 Å². The summed E-state index contributed by atoms with van der Waals surface area (Å²) in [5.41, 5.74) is 6.75. The molecule has 6 heteroatoms. The highest BCUT2D eigenvalue weighted by atomic mass is 32.2. The summed E-state index contributed by atoms with van der Waals surface area (Å²) in [5.74, 6) is 0.595. The summed E-state index contributed by atoms with van der Waals surface area (Å²) in [7, 11) is 0. The SMILES string of the molecule is Nc1c(CSc2ccncc2)cccc1[N+](=O)[O-]. The van der Waals surface area contributed by atoms with E-state index in [0.717, 1.165) is 10.5 Å². The van der Waals surface area contributed by atoms with Gasteiger partial charge in [-0.15, -0.1) is 11.8 Å². The lowest BCUT2D eigenvalue weighted by molar-refractivity contribution is -0.383. The molecule has 2 aromatic rings. The fourth-order valence-electron chi connectivity index (χ4n) is 1.48. The predicted octanol–water partition coefficient (Wildman–Crippen LogP) is 2.86. The number of nitrogens with zero attached hydrogens (tertiary/aromatic N) is 2. The first-order valence-corrected chi connectivity index (χ1v) is 6.21. The molecule has 0 amide bonds. The summed E-state index contributed by atoms with van der Waals surface area (Å²) in [4.78, 5) is 15.3. The number of benzene rings is 1. The molecule has 0 aliphatic heterocycles. The van der Waals surface area contributed by atoms with E-state index in [1.807, 2.05) is 12.1 Å². The van der Waals surface area contributed by atoms with E-state index < -0.39 is 4.92 Å². The first-order valence-electron chi connectivity index (χ1n) is 5.23. The fraction of sp³-hybridized carbons (Fsp3) is 0.0833. The molecule has 0 saturated carbocycles. The quantitative estimate of drug-likeness (QED) is 0.396. The number of pyridine rings is 1. The van der Waals surface area contributed by atoms with Crippen LogP contribution in [0.4, 0.5) is 11.4 Å². The number of hydrogen-bond donors (Lipinski definition) is 1. The molecule has 5 nitrogen and oxygen atoms in total. The van der Waals surface area contributed by atoms with Gasteiger partial charge in [-0.2, -0.15) is 0 Å². The van der Waals surface area contributed by atoms with E-state index in [4.69, 9.17) is 5.73 Å². The van der Waals surface area contributed by atoms with Crippen LogP contribution < -0.4 is 5.73 Å². The minimum Gasteiger partial charge on any atom is -0.393 e. The third kappa shape index (κ3) is 2.78. The van der Waals surface area contributed by atoms with Crippen LogP contribution in [0.3, 0.4) is 0 Å². The van der Waals surface area contributed by atoms with Crippen molar-refractivity contribution in [3.63, 3.8) is 0 Å². The Morgan fingerprint density at radius 2 is 2.00 bits per heavy atom. The van der Waals surface area contributed by atoms with Gasteiger partial charge < -0.3 is 5.73 Å². The molecule has 1 aromatic carbocycles. The lowest BCUT2D eigenvalue weighted by Crippen LogP contribution is -1.99. The van der Waals surface area contributed by atoms with Crippen molar-refractivity contribution in [2.24, 2.45) is 0 Å². The molecule has 0 bridgehead atoms. The molecule has 92 valence electrons. The van der Waals surface area contributed by atoms with Crippen molar-refractivity contribution in [1.29, 1.82) is 0 Å². The molecule has 0 spiro atoms. The van der Waals surface area contributed by atoms with E-state index in [-0.39, 0.29) is 11.4 Å². The number of anilines is 1. The van der Waals surface area contributed by atoms with E-state index in [9.17, 15) is 10.1 Å². The summed E-state index contributed by atoms with van der Waals surface area (Å²) < 4.78 is 0. The number of hydrogen-bond acceptors (Lipinski definition) is 5. The van der Waals surface area contributed by atoms with Crippen molar-refractivity contribution in [3.8, 4) is 0 Å². The lowest BCUT2D eigenvalue weighted by atomic mass is 10.2. The van der Waals surface area contributed by atoms with Crippen molar-refractivity contribution >= 4 is 23.1 Å². The minimum absolute atomic E-state index is 0.0390. The van der Waals surface area contributed by atoms with Crippen LogP contribution in [0.2, 0.25) is 0 Å². The minimum atomic E-state index is -0.462. The normalized spacial score (nSPS) is 10.2. The highest BCUT2D eigenvalue weighted by Gasteiger charge is 2.13. The van der Waals surface area contributed by atoms with Crippen molar-refractivity contribution in [2.45, 2.75) is 10.6 Å². The van der Waals surface area contributed by atoms with Gasteiger partial charge in [0, 0.05) is 29.1 Å². The van der Waals surface area contributed by atoms with Crippen molar-refractivity contribution in [1.82, 2.24) is 4.98 Å². The van der Waals surface area contributed by atoms with Crippen molar-refractivity contribution < 1.29 is 4.92 Å². The van der Waals surface area contributed by atoms with Crippen LogP contribution in [-0.2, 0) is 5.75 Å². The smallest absolute Gasteiger partial charge is 0.292 e. The number of nitrogen functional groups attached to an aromatic ring is 1. The highest BCUT2D eigenvalue weighted by molar-refractivity contribution is 7.98. The van der Waals surface area contributed by atoms with Crippen LogP contribution in [0.5, 0.6) is 0 Å². The molecule has 0 aliphatic carbocycles. The van der Waals surface area contributed by atoms with Gasteiger partial charge >= 0.3 is 0 Å². The second kappa shape index (κ2) is 5.50. The van der Waals surface area contributed by atoms with Gasteiger partial charge in [-0.25, -0.2) is 0 Å². The number of para-hydroxylation sites is 1. The average molecular weight is 261 g/mol. The van der Waals surface area contributed by atoms with Crippen LogP contribution in [0, 0.1) is 10.1 Å². The molecule has 1 aromatic heterocycles. The van der Waals surface area contributed by atoms with Gasteiger partial charge in [0.05, 0.1) is 4.92 Å². The van der Waals surface area contributed by atoms with Gasteiger partial charge in [0.15, 0.2) is 0 Å². The molecular weight excluding hydrogens is 250 g/mol. The maximum absolute atomic E-state index is 10.8. The molecule has 1 heterocycles. The van der Waals surface area contributed by atoms with Crippen molar-refractivity contribution in [2.75, 3.05) is 5.73 Å². The Hall–Kier alpha value is -2.08. The number of nitrogens with two attached hydrogens (primary N) is 1.